The van der Waals surface area contributed by atoms with E-state index in [0.29, 0.717) is 6.04 Å². The Labute approximate surface area is 95.8 Å². The van der Waals surface area contributed by atoms with Gasteiger partial charge in [0, 0.05) is 19.2 Å². The molecule has 1 atom stereocenters. The highest BCUT2D eigenvalue weighted by atomic mass is 19.1. The molecular formula is C13H18FNO. The Balaban J connectivity index is 1.92. The van der Waals surface area contributed by atoms with E-state index in [1.54, 1.807) is 12.1 Å². The van der Waals surface area contributed by atoms with E-state index >= 15 is 0 Å². The van der Waals surface area contributed by atoms with Crippen LogP contribution in [-0.4, -0.2) is 19.8 Å². The van der Waals surface area contributed by atoms with Gasteiger partial charge in [0.25, 0.3) is 0 Å². The second-order valence-corrected chi connectivity index (χ2v) is 4.09. The zero-order valence-corrected chi connectivity index (χ0v) is 9.63. The second kappa shape index (κ2) is 5.41. The van der Waals surface area contributed by atoms with Crippen LogP contribution in [0.1, 0.15) is 30.5 Å². The third-order valence-electron chi connectivity index (χ3n) is 3.03. The molecule has 2 rings (SSSR count). The molecule has 3 heteroatoms. The van der Waals surface area contributed by atoms with E-state index in [4.69, 9.17) is 4.74 Å². The minimum atomic E-state index is -0.141. The highest BCUT2D eigenvalue weighted by Gasteiger charge is 2.21. The molecule has 2 nitrogen and oxygen atoms in total. The molecular weight excluding hydrogens is 205 g/mol. The molecule has 0 amide bonds. The molecule has 1 aliphatic rings. The van der Waals surface area contributed by atoms with Gasteiger partial charge in [-0.15, -0.1) is 0 Å². The minimum absolute atomic E-state index is 0.141. The summed E-state index contributed by atoms with van der Waals surface area (Å²) in [6.45, 7) is 4.28. The average molecular weight is 223 g/mol. The number of nitrogens with one attached hydrogen (secondary N) is 1. The maximum atomic E-state index is 13.1. The monoisotopic (exact) mass is 223 g/mol. The predicted octanol–water partition coefficient (Wildman–Crippen LogP) is 2.44. The van der Waals surface area contributed by atoms with Crippen molar-refractivity contribution in [1.29, 1.82) is 0 Å². The lowest BCUT2D eigenvalue weighted by molar-refractivity contribution is 0.147. The number of hydrogen-bond donors (Lipinski definition) is 1. The summed E-state index contributed by atoms with van der Waals surface area (Å²) < 4.78 is 18.4. The molecule has 0 spiro atoms. The van der Waals surface area contributed by atoms with E-state index < -0.39 is 0 Å². The van der Waals surface area contributed by atoms with Gasteiger partial charge < -0.3 is 10.1 Å². The Morgan fingerprint density at radius 3 is 3.19 bits per heavy atom. The van der Waals surface area contributed by atoms with Gasteiger partial charge in [-0.05, 0) is 43.0 Å². The standard InChI is InChI=1S/C13H18FNO/c1-2-16-8-7-15-13-6-4-10-3-5-11(14)9-12(10)13/h3,5,9,13,15H,2,4,6-8H2,1H3. The zero-order valence-electron chi connectivity index (χ0n) is 9.63. The van der Waals surface area contributed by atoms with E-state index in [2.05, 4.69) is 5.32 Å². The number of aryl methyl sites for hydroxylation is 1. The zero-order chi connectivity index (χ0) is 11.4. The van der Waals surface area contributed by atoms with Crippen molar-refractivity contribution in [1.82, 2.24) is 5.32 Å². The highest BCUT2D eigenvalue weighted by molar-refractivity contribution is 5.34. The first-order valence-electron chi connectivity index (χ1n) is 5.90. The highest BCUT2D eigenvalue weighted by Crippen LogP contribution is 2.31. The Bertz CT molecular complexity index is 354. The van der Waals surface area contributed by atoms with E-state index in [0.717, 1.165) is 38.2 Å². The number of hydrogen-bond acceptors (Lipinski definition) is 2. The summed E-state index contributed by atoms with van der Waals surface area (Å²) in [5.41, 5.74) is 2.40. The number of benzene rings is 1. The summed E-state index contributed by atoms with van der Waals surface area (Å²) in [6, 6.07) is 5.39. The number of halogens is 1. The van der Waals surface area contributed by atoms with Gasteiger partial charge in [0.05, 0.1) is 6.61 Å². The van der Waals surface area contributed by atoms with Gasteiger partial charge in [-0.2, -0.15) is 0 Å². The van der Waals surface area contributed by atoms with Crippen molar-refractivity contribution in [3.05, 3.63) is 35.1 Å². The smallest absolute Gasteiger partial charge is 0.123 e. The van der Waals surface area contributed by atoms with Crippen molar-refractivity contribution in [2.75, 3.05) is 19.8 Å². The van der Waals surface area contributed by atoms with Crippen LogP contribution in [0.2, 0.25) is 0 Å². The van der Waals surface area contributed by atoms with Crippen LogP contribution in [0.15, 0.2) is 18.2 Å². The molecule has 1 unspecified atom stereocenters. The topological polar surface area (TPSA) is 21.3 Å². The lowest BCUT2D eigenvalue weighted by Crippen LogP contribution is -2.23. The van der Waals surface area contributed by atoms with Crippen LogP contribution >= 0.6 is 0 Å². The van der Waals surface area contributed by atoms with Gasteiger partial charge in [0.2, 0.25) is 0 Å². The lowest BCUT2D eigenvalue weighted by atomic mass is 10.1. The molecule has 1 aromatic rings. The lowest BCUT2D eigenvalue weighted by Gasteiger charge is -2.13. The van der Waals surface area contributed by atoms with Gasteiger partial charge in [-0.1, -0.05) is 6.07 Å². The van der Waals surface area contributed by atoms with Crippen LogP contribution in [0, 0.1) is 5.82 Å². The van der Waals surface area contributed by atoms with Crippen molar-refractivity contribution >= 4 is 0 Å². The first kappa shape index (κ1) is 11.6. The molecule has 0 fully saturated rings. The van der Waals surface area contributed by atoms with Crippen LogP contribution in [0.5, 0.6) is 0 Å². The van der Waals surface area contributed by atoms with Crippen LogP contribution in [-0.2, 0) is 11.2 Å². The van der Waals surface area contributed by atoms with Crippen LogP contribution < -0.4 is 5.32 Å². The molecule has 88 valence electrons. The second-order valence-electron chi connectivity index (χ2n) is 4.09. The minimum Gasteiger partial charge on any atom is -0.380 e. The number of rotatable bonds is 5. The van der Waals surface area contributed by atoms with Crippen molar-refractivity contribution in [2.45, 2.75) is 25.8 Å². The number of ether oxygens (including phenoxy) is 1. The molecule has 1 aliphatic carbocycles. The first-order valence-corrected chi connectivity index (χ1v) is 5.90. The average Bonchev–Trinajstić information content (AvgIpc) is 2.67. The summed E-state index contributed by atoms with van der Waals surface area (Å²) in [4.78, 5) is 0. The van der Waals surface area contributed by atoms with E-state index in [1.807, 2.05) is 13.0 Å². The third kappa shape index (κ3) is 2.60. The van der Waals surface area contributed by atoms with Gasteiger partial charge in [0.15, 0.2) is 0 Å². The normalized spacial score (nSPS) is 18.8. The summed E-state index contributed by atoms with van der Waals surface area (Å²) in [7, 11) is 0. The summed E-state index contributed by atoms with van der Waals surface area (Å²) in [6.07, 6.45) is 2.10. The predicted molar refractivity (Wildman–Crippen MR) is 62.0 cm³/mol. The summed E-state index contributed by atoms with van der Waals surface area (Å²) in [5.74, 6) is -0.141. The summed E-state index contributed by atoms with van der Waals surface area (Å²) >= 11 is 0. The van der Waals surface area contributed by atoms with Gasteiger partial charge in [-0.3, -0.25) is 0 Å². The van der Waals surface area contributed by atoms with Gasteiger partial charge in [-0.25, -0.2) is 4.39 Å². The Hall–Kier alpha value is -0.930. The fourth-order valence-corrected chi connectivity index (χ4v) is 2.23. The van der Waals surface area contributed by atoms with Gasteiger partial charge >= 0.3 is 0 Å². The molecule has 0 heterocycles. The molecule has 16 heavy (non-hydrogen) atoms. The van der Waals surface area contributed by atoms with Crippen LogP contribution in [0.4, 0.5) is 4.39 Å². The fraction of sp³-hybridized carbons (Fsp3) is 0.538. The van der Waals surface area contributed by atoms with Crippen molar-refractivity contribution < 1.29 is 9.13 Å². The van der Waals surface area contributed by atoms with Gasteiger partial charge in [0.1, 0.15) is 5.82 Å². The first-order chi connectivity index (χ1) is 7.81. The maximum absolute atomic E-state index is 13.1. The van der Waals surface area contributed by atoms with Crippen molar-refractivity contribution in [3.63, 3.8) is 0 Å². The molecule has 0 saturated carbocycles. The Morgan fingerprint density at radius 2 is 2.38 bits per heavy atom. The number of fused-ring (bicyclic) bond motifs is 1. The maximum Gasteiger partial charge on any atom is 0.123 e. The molecule has 1 aromatic carbocycles. The molecule has 1 N–H and O–H groups in total. The molecule has 0 bridgehead atoms. The Kier molecular flexibility index (Phi) is 3.91. The molecule has 0 aromatic heterocycles. The third-order valence-corrected chi connectivity index (χ3v) is 3.03. The Morgan fingerprint density at radius 1 is 1.50 bits per heavy atom. The van der Waals surface area contributed by atoms with E-state index in [-0.39, 0.29) is 5.82 Å². The SMILES string of the molecule is CCOCCNC1CCc2ccc(F)cc21. The fourth-order valence-electron chi connectivity index (χ4n) is 2.23. The van der Waals surface area contributed by atoms with E-state index in [1.165, 1.54) is 5.56 Å². The van der Waals surface area contributed by atoms with Crippen LogP contribution in [0.3, 0.4) is 0 Å². The molecule has 0 aliphatic heterocycles. The van der Waals surface area contributed by atoms with Crippen molar-refractivity contribution in [3.8, 4) is 0 Å². The van der Waals surface area contributed by atoms with E-state index in [9.17, 15) is 4.39 Å². The molecule has 0 radical (unpaired) electrons. The largest absolute Gasteiger partial charge is 0.380 e. The van der Waals surface area contributed by atoms with Crippen molar-refractivity contribution in [2.24, 2.45) is 0 Å². The van der Waals surface area contributed by atoms with Crippen LogP contribution in [0.25, 0.3) is 0 Å². The quantitative estimate of drug-likeness (QED) is 0.774. The summed E-state index contributed by atoms with van der Waals surface area (Å²) in [5, 5.41) is 3.41. The molecule has 0 saturated heterocycles.